The van der Waals surface area contributed by atoms with Crippen LogP contribution in [0.1, 0.15) is 15.9 Å². The number of hydrogen-bond donors (Lipinski definition) is 0. The van der Waals surface area contributed by atoms with Crippen molar-refractivity contribution in [3.63, 3.8) is 0 Å². The number of nitrogens with zero attached hydrogens (tertiary/aromatic N) is 2. The van der Waals surface area contributed by atoms with Gasteiger partial charge in [0.1, 0.15) is 0 Å². The van der Waals surface area contributed by atoms with Crippen molar-refractivity contribution in [1.29, 1.82) is 0 Å². The van der Waals surface area contributed by atoms with Gasteiger partial charge in [0.15, 0.2) is 5.78 Å². The second kappa shape index (κ2) is 6.98. The van der Waals surface area contributed by atoms with Crippen LogP contribution in [0.5, 0.6) is 0 Å². The highest BCUT2D eigenvalue weighted by Crippen LogP contribution is 2.26. The van der Waals surface area contributed by atoms with Crippen LogP contribution in [0.4, 0.5) is 0 Å². The van der Waals surface area contributed by atoms with Crippen LogP contribution in [0.25, 0.3) is 11.5 Å². The summed E-state index contributed by atoms with van der Waals surface area (Å²) < 4.78 is 5.62. The summed E-state index contributed by atoms with van der Waals surface area (Å²) in [7, 11) is 0. The Bertz CT molecular complexity index is 831. The van der Waals surface area contributed by atoms with E-state index in [2.05, 4.69) is 10.2 Å². The zero-order chi connectivity index (χ0) is 16.2. The molecule has 1 heterocycles. The van der Waals surface area contributed by atoms with Gasteiger partial charge in [0, 0.05) is 16.1 Å². The second-order valence-electron chi connectivity index (χ2n) is 4.91. The van der Waals surface area contributed by atoms with Crippen molar-refractivity contribution >= 4 is 29.1 Å². The van der Waals surface area contributed by atoms with E-state index in [-0.39, 0.29) is 11.5 Å². The molecule has 0 fully saturated rings. The summed E-state index contributed by atoms with van der Waals surface area (Å²) in [5.74, 6) is 0.684. The van der Waals surface area contributed by atoms with E-state index in [4.69, 9.17) is 16.0 Å². The minimum atomic E-state index is -0.0118. The first-order valence-electron chi connectivity index (χ1n) is 6.94. The average Bonchev–Trinajstić information content (AvgIpc) is 3.02. The lowest BCUT2D eigenvalue weighted by Crippen LogP contribution is -2.01. The Hall–Kier alpha value is -2.11. The van der Waals surface area contributed by atoms with Crippen molar-refractivity contribution < 1.29 is 9.21 Å². The van der Waals surface area contributed by atoms with E-state index >= 15 is 0 Å². The Labute approximate surface area is 142 Å². The molecule has 0 aliphatic heterocycles. The van der Waals surface area contributed by atoms with E-state index in [1.165, 1.54) is 11.8 Å². The maximum absolute atomic E-state index is 12.1. The standard InChI is InChI=1S/C17H13ClN2O2S/c1-11-4-2-3-5-14(11)16-19-20-17(22-16)23-10-15(21)12-6-8-13(18)9-7-12/h2-9H,10H2,1H3. The third-order valence-electron chi connectivity index (χ3n) is 3.27. The number of thioether (sulfide) groups is 1. The molecule has 3 rings (SSSR count). The molecule has 3 aromatic rings. The molecular formula is C17H13ClN2O2S. The molecule has 0 aliphatic rings. The van der Waals surface area contributed by atoms with Gasteiger partial charge in [-0.3, -0.25) is 4.79 Å². The molecule has 0 aliphatic carbocycles. The van der Waals surface area contributed by atoms with Crippen LogP contribution in [0.15, 0.2) is 58.2 Å². The van der Waals surface area contributed by atoms with E-state index in [0.29, 0.717) is 21.7 Å². The number of carbonyl (C=O) groups is 1. The molecule has 0 atom stereocenters. The Morgan fingerprint density at radius 2 is 1.87 bits per heavy atom. The van der Waals surface area contributed by atoms with Gasteiger partial charge in [-0.15, -0.1) is 10.2 Å². The lowest BCUT2D eigenvalue weighted by Gasteiger charge is -2.00. The number of aryl methyl sites for hydroxylation is 1. The van der Waals surface area contributed by atoms with Crippen LogP contribution in [-0.4, -0.2) is 21.7 Å². The van der Waals surface area contributed by atoms with Crippen LogP contribution in [0, 0.1) is 6.92 Å². The first kappa shape index (κ1) is 15.8. The van der Waals surface area contributed by atoms with Crippen molar-refractivity contribution in [2.75, 3.05) is 5.75 Å². The summed E-state index contributed by atoms with van der Waals surface area (Å²) in [6, 6.07) is 14.6. The van der Waals surface area contributed by atoms with Crippen LogP contribution < -0.4 is 0 Å². The molecular weight excluding hydrogens is 332 g/mol. The van der Waals surface area contributed by atoms with Gasteiger partial charge in [-0.25, -0.2) is 0 Å². The normalized spacial score (nSPS) is 10.7. The van der Waals surface area contributed by atoms with E-state index in [1.54, 1.807) is 24.3 Å². The molecule has 0 radical (unpaired) electrons. The molecule has 4 nitrogen and oxygen atoms in total. The molecule has 6 heteroatoms. The zero-order valence-corrected chi connectivity index (χ0v) is 13.9. The Morgan fingerprint density at radius 1 is 1.13 bits per heavy atom. The van der Waals surface area contributed by atoms with E-state index in [9.17, 15) is 4.79 Å². The largest absolute Gasteiger partial charge is 0.411 e. The summed E-state index contributed by atoms with van der Waals surface area (Å²) >= 11 is 7.04. The van der Waals surface area contributed by atoms with E-state index < -0.39 is 0 Å². The van der Waals surface area contributed by atoms with Gasteiger partial charge >= 0.3 is 0 Å². The quantitative estimate of drug-likeness (QED) is 0.497. The SMILES string of the molecule is Cc1ccccc1-c1nnc(SCC(=O)c2ccc(Cl)cc2)o1. The second-order valence-corrected chi connectivity index (χ2v) is 6.27. The first-order valence-corrected chi connectivity index (χ1v) is 8.31. The molecule has 23 heavy (non-hydrogen) atoms. The van der Waals surface area contributed by atoms with Crippen molar-refractivity contribution in [2.24, 2.45) is 0 Å². The zero-order valence-electron chi connectivity index (χ0n) is 12.3. The number of hydrogen-bond acceptors (Lipinski definition) is 5. The third kappa shape index (κ3) is 3.81. The number of carbonyl (C=O) groups excluding carboxylic acids is 1. The fraction of sp³-hybridized carbons (Fsp3) is 0.118. The Kier molecular flexibility index (Phi) is 4.79. The average molecular weight is 345 g/mol. The molecule has 0 bridgehead atoms. The monoisotopic (exact) mass is 344 g/mol. The predicted octanol–water partition coefficient (Wildman–Crippen LogP) is 4.67. The number of benzene rings is 2. The van der Waals surface area contributed by atoms with Gasteiger partial charge in [-0.1, -0.05) is 41.6 Å². The minimum Gasteiger partial charge on any atom is -0.411 e. The van der Waals surface area contributed by atoms with Crippen LogP contribution in [0.2, 0.25) is 5.02 Å². The lowest BCUT2D eigenvalue weighted by molar-refractivity contribution is 0.102. The van der Waals surface area contributed by atoms with Crippen LogP contribution >= 0.6 is 23.4 Å². The van der Waals surface area contributed by atoms with Gasteiger partial charge in [0.25, 0.3) is 5.22 Å². The van der Waals surface area contributed by atoms with Gasteiger partial charge in [-0.2, -0.15) is 0 Å². The number of halogens is 1. The third-order valence-corrected chi connectivity index (χ3v) is 4.35. The van der Waals surface area contributed by atoms with Crippen molar-refractivity contribution in [3.8, 4) is 11.5 Å². The molecule has 0 spiro atoms. The molecule has 1 aromatic heterocycles. The molecule has 2 aromatic carbocycles. The van der Waals surface area contributed by atoms with E-state index in [0.717, 1.165) is 11.1 Å². The lowest BCUT2D eigenvalue weighted by atomic mass is 10.1. The molecule has 0 saturated heterocycles. The fourth-order valence-corrected chi connectivity index (χ4v) is 2.82. The topological polar surface area (TPSA) is 56.0 Å². The highest BCUT2D eigenvalue weighted by atomic mass is 35.5. The summed E-state index contributed by atoms with van der Waals surface area (Å²) in [5.41, 5.74) is 2.57. The molecule has 0 unspecified atom stereocenters. The van der Waals surface area contributed by atoms with Crippen molar-refractivity contribution in [3.05, 3.63) is 64.7 Å². The maximum Gasteiger partial charge on any atom is 0.277 e. The smallest absolute Gasteiger partial charge is 0.277 e. The Balaban J connectivity index is 1.67. The summed E-state index contributed by atoms with van der Waals surface area (Å²) in [6.07, 6.45) is 0. The summed E-state index contributed by atoms with van der Waals surface area (Å²) in [5, 5.41) is 9.02. The number of Topliss-reactive ketones (excluding diaryl/α,β-unsaturated/α-hetero) is 1. The first-order chi connectivity index (χ1) is 11.1. The van der Waals surface area contributed by atoms with Crippen molar-refractivity contribution in [1.82, 2.24) is 10.2 Å². The molecule has 0 amide bonds. The van der Waals surface area contributed by atoms with Gasteiger partial charge in [0.2, 0.25) is 5.89 Å². The fourth-order valence-electron chi connectivity index (χ4n) is 2.04. The van der Waals surface area contributed by atoms with Crippen LogP contribution in [-0.2, 0) is 0 Å². The highest BCUT2D eigenvalue weighted by Gasteiger charge is 2.13. The van der Waals surface area contributed by atoms with Crippen LogP contribution in [0.3, 0.4) is 0 Å². The molecule has 0 N–H and O–H groups in total. The van der Waals surface area contributed by atoms with Gasteiger partial charge in [-0.05, 0) is 42.8 Å². The number of ketones is 1. The summed E-state index contributed by atoms with van der Waals surface area (Å²) in [6.45, 7) is 1.98. The molecule has 0 saturated carbocycles. The maximum atomic E-state index is 12.1. The van der Waals surface area contributed by atoms with Gasteiger partial charge in [0.05, 0.1) is 5.75 Å². The van der Waals surface area contributed by atoms with Gasteiger partial charge < -0.3 is 4.42 Å². The number of aromatic nitrogens is 2. The minimum absolute atomic E-state index is 0.0118. The highest BCUT2D eigenvalue weighted by molar-refractivity contribution is 7.99. The van der Waals surface area contributed by atoms with E-state index in [1.807, 2.05) is 31.2 Å². The predicted molar refractivity (Wildman–Crippen MR) is 91.0 cm³/mol. The number of rotatable bonds is 5. The Morgan fingerprint density at radius 3 is 2.61 bits per heavy atom. The summed E-state index contributed by atoms with van der Waals surface area (Å²) in [4.78, 5) is 12.1. The molecule has 116 valence electrons. The van der Waals surface area contributed by atoms with Crippen molar-refractivity contribution in [2.45, 2.75) is 12.1 Å².